The molecule has 8 nitrogen and oxygen atoms in total. The molecule has 0 radical (unpaired) electrons. The van der Waals surface area contributed by atoms with Gasteiger partial charge >= 0.3 is 0 Å². The Morgan fingerprint density at radius 1 is 1.12 bits per heavy atom. The summed E-state index contributed by atoms with van der Waals surface area (Å²) in [6, 6.07) is 5.51. The van der Waals surface area contributed by atoms with Crippen molar-refractivity contribution in [2.75, 3.05) is 54.2 Å². The fourth-order valence-electron chi connectivity index (χ4n) is 4.40. The molecular formula is C23H34FN7OS. The number of likely N-dealkylation sites (N-methyl/N-ethyl adjacent to an activating group) is 1. The number of benzene rings is 1. The molecule has 0 bridgehead atoms. The molecule has 1 aromatic heterocycles. The van der Waals surface area contributed by atoms with Gasteiger partial charge in [0.25, 0.3) is 0 Å². The lowest BCUT2D eigenvalue weighted by Crippen LogP contribution is -2.35. The van der Waals surface area contributed by atoms with Gasteiger partial charge in [-0.05, 0) is 56.7 Å². The van der Waals surface area contributed by atoms with E-state index in [2.05, 4.69) is 42.7 Å². The second kappa shape index (κ2) is 11.7. The van der Waals surface area contributed by atoms with E-state index >= 15 is 0 Å². The van der Waals surface area contributed by atoms with Crippen LogP contribution in [0.3, 0.4) is 0 Å². The molecule has 0 amide bonds. The predicted molar refractivity (Wildman–Crippen MR) is 133 cm³/mol. The van der Waals surface area contributed by atoms with Gasteiger partial charge in [0, 0.05) is 36.1 Å². The molecule has 0 spiro atoms. The van der Waals surface area contributed by atoms with E-state index in [1.165, 1.54) is 44.6 Å². The van der Waals surface area contributed by atoms with Gasteiger partial charge in [-0.1, -0.05) is 13.3 Å². The van der Waals surface area contributed by atoms with E-state index in [0.717, 1.165) is 31.8 Å². The van der Waals surface area contributed by atoms with E-state index < -0.39 is 5.82 Å². The van der Waals surface area contributed by atoms with Crippen LogP contribution in [0.4, 0.5) is 27.9 Å². The zero-order chi connectivity index (χ0) is 23.0. The van der Waals surface area contributed by atoms with Crippen LogP contribution in [0.1, 0.15) is 39.0 Å². The highest BCUT2D eigenvalue weighted by atomic mass is 32.2. The number of ether oxygens (including phenoxy) is 1. The lowest BCUT2D eigenvalue weighted by atomic mass is 10.1. The highest BCUT2D eigenvalue weighted by molar-refractivity contribution is 7.99. The summed E-state index contributed by atoms with van der Waals surface area (Å²) in [6.45, 7) is 5.17. The van der Waals surface area contributed by atoms with Gasteiger partial charge in [-0.15, -0.1) is 0 Å². The molecule has 1 aromatic carbocycles. The van der Waals surface area contributed by atoms with Gasteiger partial charge in [-0.3, -0.25) is 4.90 Å². The van der Waals surface area contributed by atoms with Crippen LogP contribution in [-0.2, 0) is 0 Å². The maximum atomic E-state index is 14.2. The van der Waals surface area contributed by atoms with Gasteiger partial charge in [-0.2, -0.15) is 26.7 Å². The highest BCUT2D eigenvalue weighted by Crippen LogP contribution is 2.24. The first kappa shape index (κ1) is 23.8. The summed E-state index contributed by atoms with van der Waals surface area (Å²) in [5.41, 5.74) is 0.550. The minimum Gasteiger partial charge on any atom is -0.494 e. The Kier molecular flexibility index (Phi) is 8.44. The van der Waals surface area contributed by atoms with Gasteiger partial charge in [0.05, 0.1) is 7.11 Å². The molecule has 2 aromatic rings. The first-order valence-electron chi connectivity index (χ1n) is 11.8. The zero-order valence-corrected chi connectivity index (χ0v) is 20.3. The summed E-state index contributed by atoms with van der Waals surface area (Å²) in [7, 11) is 1.45. The van der Waals surface area contributed by atoms with Gasteiger partial charge in [0.15, 0.2) is 11.6 Å². The molecule has 0 aliphatic carbocycles. The lowest BCUT2D eigenvalue weighted by Gasteiger charge is -2.23. The first-order chi connectivity index (χ1) is 16.1. The molecule has 2 aliphatic rings. The minimum absolute atomic E-state index is 0.198. The standard InChI is InChI=1S/C23H34FN7OS/c1-3-31-11-6-8-18(31)14-25-21-28-22(26-16-9-10-20(32-2)19(24)13-16)30-23(29-21)27-17-7-4-5-12-33-15-17/h9-10,13,17-18H,3-8,11-12,14-15H2,1-2H3,(H3,25,26,27,28,29,30). The Balaban J connectivity index is 1.52. The number of thioether (sulfide) groups is 1. The third-order valence-electron chi connectivity index (χ3n) is 6.19. The van der Waals surface area contributed by atoms with Crippen LogP contribution >= 0.6 is 11.8 Å². The third-order valence-corrected chi connectivity index (χ3v) is 7.40. The van der Waals surface area contributed by atoms with Crippen LogP contribution in [0, 0.1) is 5.82 Å². The number of aromatic nitrogens is 3. The van der Waals surface area contributed by atoms with Crippen LogP contribution in [0.5, 0.6) is 5.75 Å². The minimum atomic E-state index is -0.440. The molecule has 2 atom stereocenters. The fraction of sp³-hybridized carbons (Fsp3) is 0.609. The summed E-state index contributed by atoms with van der Waals surface area (Å²) in [5, 5.41) is 10.0. The van der Waals surface area contributed by atoms with Crippen molar-refractivity contribution in [3.8, 4) is 5.75 Å². The molecule has 2 unspecified atom stereocenters. The molecule has 2 aliphatic heterocycles. The predicted octanol–water partition coefficient (Wildman–Crippen LogP) is 4.36. The van der Waals surface area contributed by atoms with Crippen LogP contribution in [-0.4, -0.2) is 70.2 Å². The van der Waals surface area contributed by atoms with Crippen molar-refractivity contribution >= 4 is 35.3 Å². The Morgan fingerprint density at radius 3 is 2.79 bits per heavy atom. The van der Waals surface area contributed by atoms with E-state index in [1.807, 2.05) is 11.8 Å². The Labute approximate surface area is 199 Å². The molecule has 0 saturated carbocycles. The SMILES string of the molecule is CCN1CCCC1CNc1nc(Nc2ccc(OC)c(F)c2)nc(NC2CCCCSC2)n1. The molecule has 3 N–H and O–H groups in total. The normalized spacial score (nSPS) is 21.4. The van der Waals surface area contributed by atoms with Crippen molar-refractivity contribution in [1.29, 1.82) is 0 Å². The number of halogens is 1. The third kappa shape index (κ3) is 6.60. The molecule has 2 fully saturated rings. The average molecular weight is 476 g/mol. The molecule has 180 valence electrons. The van der Waals surface area contributed by atoms with Crippen LogP contribution in [0.2, 0.25) is 0 Å². The smallest absolute Gasteiger partial charge is 0.233 e. The Morgan fingerprint density at radius 2 is 1.97 bits per heavy atom. The second-order valence-corrected chi connectivity index (χ2v) is 9.65. The Bertz CT molecular complexity index is 910. The number of methoxy groups -OCH3 is 1. The molecule has 2 saturated heterocycles. The van der Waals surface area contributed by atoms with Gasteiger partial charge in [-0.25, -0.2) is 4.39 Å². The number of anilines is 4. The van der Waals surface area contributed by atoms with Crippen molar-refractivity contribution in [2.45, 2.75) is 51.1 Å². The van der Waals surface area contributed by atoms with Gasteiger partial charge < -0.3 is 20.7 Å². The summed E-state index contributed by atoms with van der Waals surface area (Å²) in [5.74, 6) is 3.43. The van der Waals surface area contributed by atoms with E-state index in [4.69, 9.17) is 4.74 Å². The number of hydrogen-bond acceptors (Lipinski definition) is 9. The molecule has 4 rings (SSSR count). The van der Waals surface area contributed by atoms with E-state index in [1.54, 1.807) is 12.1 Å². The lowest BCUT2D eigenvalue weighted by molar-refractivity contribution is 0.277. The topological polar surface area (TPSA) is 87.2 Å². The van der Waals surface area contributed by atoms with Crippen molar-refractivity contribution < 1.29 is 9.13 Å². The van der Waals surface area contributed by atoms with Gasteiger partial charge in [0.2, 0.25) is 17.8 Å². The monoisotopic (exact) mass is 475 g/mol. The van der Waals surface area contributed by atoms with Crippen molar-refractivity contribution in [1.82, 2.24) is 19.9 Å². The molecule has 33 heavy (non-hydrogen) atoms. The number of nitrogens with zero attached hydrogens (tertiary/aromatic N) is 4. The summed E-state index contributed by atoms with van der Waals surface area (Å²) in [4.78, 5) is 16.3. The van der Waals surface area contributed by atoms with Crippen LogP contribution in [0.25, 0.3) is 0 Å². The molecular weight excluding hydrogens is 441 g/mol. The zero-order valence-electron chi connectivity index (χ0n) is 19.4. The van der Waals surface area contributed by atoms with E-state index in [-0.39, 0.29) is 5.75 Å². The maximum Gasteiger partial charge on any atom is 0.233 e. The van der Waals surface area contributed by atoms with E-state index in [0.29, 0.717) is 35.6 Å². The van der Waals surface area contributed by atoms with Crippen molar-refractivity contribution in [3.05, 3.63) is 24.0 Å². The summed E-state index contributed by atoms with van der Waals surface area (Å²) in [6.07, 6.45) is 5.94. The van der Waals surface area contributed by atoms with Crippen LogP contribution in [0.15, 0.2) is 18.2 Å². The number of hydrogen-bond donors (Lipinski definition) is 3. The van der Waals surface area contributed by atoms with Crippen LogP contribution < -0.4 is 20.7 Å². The van der Waals surface area contributed by atoms with Crippen molar-refractivity contribution in [3.63, 3.8) is 0 Å². The number of nitrogens with one attached hydrogen (secondary N) is 3. The maximum absolute atomic E-state index is 14.2. The fourth-order valence-corrected chi connectivity index (χ4v) is 5.51. The summed E-state index contributed by atoms with van der Waals surface area (Å²) >= 11 is 1.96. The number of likely N-dealkylation sites (tertiary alicyclic amines) is 1. The van der Waals surface area contributed by atoms with Gasteiger partial charge in [0.1, 0.15) is 0 Å². The quantitative estimate of drug-likeness (QED) is 0.490. The molecule has 10 heteroatoms. The molecule has 3 heterocycles. The van der Waals surface area contributed by atoms with Crippen molar-refractivity contribution in [2.24, 2.45) is 0 Å². The second-order valence-electron chi connectivity index (χ2n) is 8.50. The first-order valence-corrected chi connectivity index (χ1v) is 13.0. The number of rotatable bonds is 9. The Hall–Kier alpha value is -2.33. The highest BCUT2D eigenvalue weighted by Gasteiger charge is 2.23. The van der Waals surface area contributed by atoms with E-state index in [9.17, 15) is 4.39 Å². The summed E-state index contributed by atoms with van der Waals surface area (Å²) < 4.78 is 19.2. The largest absolute Gasteiger partial charge is 0.494 e. The average Bonchev–Trinajstić information content (AvgIpc) is 3.12.